The van der Waals surface area contributed by atoms with Crippen molar-refractivity contribution in [2.45, 2.75) is 19.6 Å². The number of nitrogens with zero attached hydrogens (tertiary/aromatic N) is 2. The van der Waals surface area contributed by atoms with E-state index in [-0.39, 0.29) is 25.8 Å². The van der Waals surface area contributed by atoms with Crippen molar-refractivity contribution in [2.24, 2.45) is 0 Å². The summed E-state index contributed by atoms with van der Waals surface area (Å²) in [6.07, 6.45) is 3.55. The molecule has 138 valence electrons. The van der Waals surface area contributed by atoms with Crippen molar-refractivity contribution in [3.63, 3.8) is 0 Å². The molecule has 3 heterocycles. The summed E-state index contributed by atoms with van der Waals surface area (Å²) in [5.74, 6) is 0.310. The average molecular weight is 403 g/mol. The van der Waals surface area contributed by atoms with E-state index in [9.17, 15) is 4.79 Å². The minimum absolute atomic E-state index is 0.0846. The molecule has 6 nitrogen and oxygen atoms in total. The van der Waals surface area contributed by atoms with Gasteiger partial charge in [-0.2, -0.15) is 0 Å². The summed E-state index contributed by atoms with van der Waals surface area (Å²) in [5.41, 5.74) is 3.16. The standard InChI is InChI=1S/C19H15ClN2O4S/c20-15-4-13-8-24-11-26-18(13)14(5-15)9-25-17(23)6-16-10-27-19(22-16)12-2-1-3-21-7-12/h1-5,7,10H,6,8-9,11H2. The predicted molar refractivity (Wildman–Crippen MR) is 101 cm³/mol. The van der Waals surface area contributed by atoms with Gasteiger partial charge in [-0.3, -0.25) is 9.78 Å². The Kier molecular flexibility index (Phi) is 5.33. The number of benzene rings is 1. The van der Waals surface area contributed by atoms with E-state index in [2.05, 4.69) is 9.97 Å². The van der Waals surface area contributed by atoms with Crippen LogP contribution in [0.25, 0.3) is 10.6 Å². The van der Waals surface area contributed by atoms with E-state index in [4.69, 9.17) is 25.8 Å². The highest BCUT2D eigenvalue weighted by molar-refractivity contribution is 7.13. The molecule has 0 amide bonds. The highest BCUT2D eigenvalue weighted by Crippen LogP contribution is 2.32. The second-order valence-corrected chi connectivity index (χ2v) is 7.18. The molecule has 0 fully saturated rings. The van der Waals surface area contributed by atoms with Gasteiger partial charge in [0.1, 0.15) is 17.4 Å². The Bertz CT molecular complexity index is 962. The van der Waals surface area contributed by atoms with E-state index in [1.807, 2.05) is 17.5 Å². The topological polar surface area (TPSA) is 70.5 Å². The van der Waals surface area contributed by atoms with Crippen molar-refractivity contribution in [1.82, 2.24) is 9.97 Å². The van der Waals surface area contributed by atoms with E-state index in [1.54, 1.807) is 24.5 Å². The molecule has 0 saturated heterocycles. The maximum Gasteiger partial charge on any atom is 0.312 e. The quantitative estimate of drug-likeness (QED) is 0.600. The monoisotopic (exact) mass is 402 g/mol. The van der Waals surface area contributed by atoms with Crippen molar-refractivity contribution >= 4 is 28.9 Å². The molecule has 0 saturated carbocycles. The third-order valence-electron chi connectivity index (χ3n) is 3.93. The van der Waals surface area contributed by atoms with Crippen LogP contribution in [0.4, 0.5) is 0 Å². The van der Waals surface area contributed by atoms with Gasteiger partial charge in [0, 0.05) is 39.5 Å². The van der Waals surface area contributed by atoms with Crippen LogP contribution in [-0.2, 0) is 33.9 Å². The van der Waals surface area contributed by atoms with E-state index in [0.717, 1.165) is 21.7 Å². The Morgan fingerprint density at radius 1 is 1.37 bits per heavy atom. The van der Waals surface area contributed by atoms with Gasteiger partial charge in [-0.05, 0) is 24.3 Å². The number of hydrogen-bond donors (Lipinski definition) is 0. The molecular formula is C19H15ClN2O4S. The first-order chi connectivity index (χ1) is 13.2. The third-order valence-corrected chi connectivity index (χ3v) is 5.08. The molecule has 2 aromatic heterocycles. The zero-order chi connectivity index (χ0) is 18.6. The fourth-order valence-corrected chi connectivity index (χ4v) is 3.81. The highest BCUT2D eigenvalue weighted by atomic mass is 35.5. The third kappa shape index (κ3) is 4.27. The summed E-state index contributed by atoms with van der Waals surface area (Å²) >= 11 is 7.59. The summed E-state index contributed by atoms with van der Waals surface area (Å²) in [6.45, 7) is 0.680. The number of hydrogen-bond acceptors (Lipinski definition) is 7. The maximum absolute atomic E-state index is 12.2. The SMILES string of the molecule is O=C(Cc1csc(-c2cccnc2)n1)OCc1cc(Cl)cc2c1OCOC2. The normalized spacial score (nSPS) is 12.9. The van der Waals surface area contributed by atoms with Gasteiger partial charge in [0.05, 0.1) is 18.7 Å². The minimum Gasteiger partial charge on any atom is -0.467 e. The lowest BCUT2D eigenvalue weighted by atomic mass is 10.1. The number of pyridine rings is 1. The zero-order valence-corrected chi connectivity index (χ0v) is 15.8. The average Bonchev–Trinajstić information content (AvgIpc) is 3.15. The van der Waals surface area contributed by atoms with Gasteiger partial charge in [0.15, 0.2) is 6.79 Å². The molecule has 8 heteroatoms. The summed E-state index contributed by atoms with van der Waals surface area (Å²) in [4.78, 5) is 20.8. The van der Waals surface area contributed by atoms with Crippen molar-refractivity contribution < 1.29 is 19.0 Å². The number of carbonyl (C=O) groups excluding carboxylic acids is 1. The number of rotatable bonds is 5. The van der Waals surface area contributed by atoms with Crippen LogP contribution >= 0.6 is 22.9 Å². The van der Waals surface area contributed by atoms with Crippen molar-refractivity contribution in [2.75, 3.05) is 6.79 Å². The van der Waals surface area contributed by atoms with Crippen LogP contribution in [0.2, 0.25) is 5.02 Å². The minimum atomic E-state index is -0.362. The molecule has 0 atom stereocenters. The lowest BCUT2D eigenvalue weighted by Gasteiger charge is -2.21. The van der Waals surface area contributed by atoms with Crippen LogP contribution < -0.4 is 4.74 Å². The van der Waals surface area contributed by atoms with Crippen LogP contribution in [0.1, 0.15) is 16.8 Å². The Labute approximate surface area is 164 Å². The van der Waals surface area contributed by atoms with Gasteiger partial charge in [0.25, 0.3) is 0 Å². The summed E-state index contributed by atoms with van der Waals surface area (Å²) in [5, 5.41) is 3.23. The van der Waals surface area contributed by atoms with Gasteiger partial charge in [-0.25, -0.2) is 4.98 Å². The molecule has 0 aliphatic carbocycles. The lowest BCUT2D eigenvalue weighted by Crippen LogP contribution is -2.15. The van der Waals surface area contributed by atoms with Crippen LogP contribution in [0.15, 0.2) is 42.0 Å². The second kappa shape index (κ2) is 8.04. The van der Waals surface area contributed by atoms with Gasteiger partial charge in [-0.15, -0.1) is 11.3 Å². The van der Waals surface area contributed by atoms with Crippen LogP contribution in [0.5, 0.6) is 5.75 Å². The first kappa shape index (κ1) is 17.9. The Morgan fingerprint density at radius 2 is 2.30 bits per heavy atom. The fourth-order valence-electron chi connectivity index (χ4n) is 2.73. The van der Waals surface area contributed by atoms with Crippen LogP contribution in [0, 0.1) is 0 Å². The number of fused-ring (bicyclic) bond motifs is 1. The molecular weight excluding hydrogens is 388 g/mol. The van der Waals surface area contributed by atoms with E-state index >= 15 is 0 Å². The number of ether oxygens (including phenoxy) is 3. The number of halogens is 1. The van der Waals surface area contributed by atoms with E-state index in [0.29, 0.717) is 23.1 Å². The predicted octanol–water partition coefficient (Wildman–Crippen LogP) is 4.01. The summed E-state index contributed by atoms with van der Waals surface area (Å²) in [7, 11) is 0. The number of aromatic nitrogens is 2. The van der Waals surface area contributed by atoms with E-state index in [1.165, 1.54) is 11.3 Å². The first-order valence-electron chi connectivity index (χ1n) is 8.21. The van der Waals surface area contributed by atoms with Crippen molar-refractivity contribution in [3.8, 4) is 16.3 Å². The lowest BCUT2D eigenvalue weighted by molar-refractivity contribution is -0.144. The Balaban J connectivity index is 1.40. The Hall–Kier alpha value is -2.48. The molecule has 1 aliphatic heterocycles. The van der Waals surface area contributed by atoms with E-state index < -0.39 is 0 Å². The molecule has 0 spiro atoms. The van der Waals surface area contributed by atoms with Gasteiger partial charge in [-0.1, -0.05) is 11.6 Å². The molecule has 0 bridgehead atoms. The summed E-state index contributed by atoms with van der Waals surface area (Å²) in [6, 6.07) is 7.31. The van der Waals surface area contributed by atoms with Crippen LogP contribution in [0.3, 0.4) is 0 Å². The second-order valence-electron chi connectivity index (χ2n) is 5.89. The fraction of sp³-hybridized carbons (Fsp3) is 0.211. The largest absolute Gasteiger partial charge is 0.467 e. The zero-order valence-electron chi connectivity index (χ0n) is 14.2. The first-order valence-corrected chi connectivity index (χ1v) is 9.47. The molecule has 0 N–H and O–H groups in total. The van der Waals surface area contributed by atoms with Gasteiger partial charge in [0.2, 0.25) is 0 Å². The summed E-state index contributed by atoms with van der Waals surface area (Å²) < 4.78 is 16.2. The molecule has 0 unspecified atom stereocenters. The number of carbonyl (C=O) groups is 1. The van der Waals surface area contributed by atoms with Gasteiger partial charge < -0.3 is 14.2 Å². The molecule has 0 radical (unpaired) electrons. The number of esters is 1. The molecule has 1 aliphatic rings. The number of thiazole rings is 1. The van der Waals surface area contributed by atoms with Crippen LogP contribution in [-0.4, -0.2) is 22.7 Å². The van der Waals surface area contributed by atoms with Crippen molar-refractivity contribution in [1.29, 1.82) is 0 Å². The molecule has 3 aromatic rings. The van der Waals surface area contributed by atoms with Crippen molar-refractivity contribution in [3.05, 3.63) is 63.9 Å². The van der Waals surface area contributed by atoms with Gasteiger partial charge >= 0.3 is 5.97 Å². The smallest absolute Gasteiger partial charge is 0.312 e. The highest BCUT2D eigenvalue weighted by Gasteiger charge is 2.18. The molecule has 1 aromatic carbocycles. The maximum atomic E-state index is 12.2. The molecule has 4 rings (SSSR count). The molecule has 27 heavy (non-hydrogen) atoms. The Morgan fingerprint density at radius 3 is 3.15 bits per heavy atom.